The van der Waals surface area contributed by atoms with Gasteiger partial charge in [-0.2, -0.15) is 8.42 Å². The van der Waals surface area contributed by atoms with Crippen LogP contribution in [-0.4, -0.2) is 47.3 Å². The molecule has 1 fully saturated rings. The number of fused-ring (bicyclic) bond motifs is 6. The van der Waals surface area contributed by atoms with Gasteiger partial charge in [-0.15, -0.1) is 0 Å². The molecule has 4 bridgehead atoms. The second-order valence-electron chi connectivity index (χ2n) is 14.2. The maximum Gasteiger partial charge on any atom is 0.281 e. The van der Waals surface area contributed by atoms with Crippen LogP contribution in [0.4, 0.5) is 11.6 Å². The van der Waals surface area contributed by atoms with Crippen molar-refractivity contribution >= 4 is 33.5 Å². The van der Waals surface area contributed by atoms with Crippen LogP contribution < -0.4 is 20.3 Å². The molecule has 2 amide bonds. The van der Waals surface area contributed by atoms with Crippen LogP contribution in [0.25, 0.3) is 0 Å². The number of hydrogen-bond donors (Lipinski definition) is 3. The van der Waals surface area contributed by atoms with Crippen molar-refractivity contribution in [2.45, 2.75) is 96.3 Å². The van der Waals surface area contributed by atoms with E-state index < -0.39 is 15.9 Å². The zero-order valence-corrected chi connectivity index (χ0v) is 27.9. The van der Waals surface area contributed by atoms with Crippen molar-refractivity contribution in [3.63, 3.8) is 0 Å². The van der Waals surface area contributed by atoms with Gasteiger partial charge in [0.2, 0.25) is 5.91 Å². The van der Waals surface area contributed by atoms with Gasteiger partial charge in [-0.1, -0.05) is 39.8 Å². The van der Waals surface area contributed by atoms with Crippen molar-refractivity contribution in [2.24, 2.45) is 5.41 Å². The molecule has 0 spiro atoms. The first-order valence-electron chi connectivity index (χ1n) is 15.3. The molecule has 0 radical (unpaired) electrons. The van der Waals surface area contributed by atoms with E-state index >= 15 is 0 Å². The van der Waals surface area contributed by atoms with Gasteiger partial charge < -0.3 is 15.5 Å². The third kappa shape index (κ3) is 7.11. The van der Waals surface area contributed by atoms with Crippen molar-refractivity contribution in [1.29, 1.82) is 0 Å². The van der Waals surface area contributed by atoms with E-state index in [-0.39, 0.29) is 38.9 Å². The highest BCUT2D eigenvalue weighted by molar-refractivity contribution is 7.90. The van der Waals surface area contributed by atoms with Crippen LogP contribution in [-0.2, 0) is 26.8 Å². The van der Waals surface area contributed by atoms with Crippen LogP contribution in [0.1, 0.15) is 101 Å². The highest BCUT2D eigenvalue weighted by Crippen LogP contribution is 2.48. The maximum atomic E-state index is 13.7. The molecule has 45 heavy (non-hydrogen) atoms. The van der Waals surface area contributed by atoms with Crippen molar-refractivity contribution < 1.29 is 18.0 Å². The third-order valence-corrected chi connectivity index (χ3v) is 9.79. The van der Waals surface area contributed by atoms with Crippen LogP contribution in [0.5, 0.6) is 0 Å². The molecule has 3 aromatic rings. The Morgan fingerprint density at radius 3 is 2.49 bits per heavy atom. The van der Waals surface area contributed by atoms with Gasteiger partial charge in [-0.3, -0.25) is 14.6 Å². The van der Waals surface area contributed by atoms with Gasteiger partial charge in [0.1, 0.15) is 11.6 Å². The zero-order chi connectivity index (χ0) is 32.8. The molecule has 2 aliphatic rings. The molecule has 5 rings (SSSR count). The Kier molecular flexibility index (Phi) is 8.41. The zero-order valence-electron chi connectivity index (χ0n) is 27.1. The second kappa shape index (κ2) is 11.7. The molecule has 11 nitrogen and oxygen atoms in total. The average molecular weight is 634 g/mol. The molecule has 5 heterocycles. The minimum atomic E-state index is -4.32. The summed E-state index contributed by atoms with van der Waals surface area (Å²) in [5, 5.41) is 5.93. The minimum Gasteiger partial charge on any atom is -0.362 e. The number of hydrogen-bond acceptors (Lipinski definition) is 9. The van der Waals surface area contributed by atoms with Crippen LogP contribution in [0.2, 0.25) is 0 Å². The Morgan fingerprint density at radius 2 is 1.78 bits per heavy atom. The Hall–Kier alpha value is -4.06. The number of nitrogens with one attached hydrogen (secondary N) is 3. The molecule has 0 aromatic carbocycles. The number of carbonyl (C=O) groups excluding carboxylic acids is 2. The first-order valence-corrected chi connectivity index (χ1v) is 16.7. The topological polar surface area (TPSA) is 146 Å². The minimum absolute atomic E-state index is 0.143. The van der Waals surface area contributed by atoms with Gasteiger partial charge in [0, 0.05) is 30.1 Å². The summed E-state index contributed by atoms with van der Waals surface area (Å²) in [6, 6.07) is 13.5. The molecule has 0 aliphatic carbocycles. The number of rotatable bonds is 3. The molecule has 2 aliphatic heterocycles. The third-order valence-electron chi connectivity index (χ3n) is 8.56. The van der Waals surface area contributed by atoms with E-state index in [9.17, 15) is 18.0 Å². The van der Waals surface area contributed by atoms with E-state index in [1.165, 1.54) is 13.0 Å². The van der Waals surface area contributed by atoms with Gasteiger partial charge in [0.15, 0.2) is 5.03 Å². The summed E-state index contributed by atoms with van der Waals surface area (Å²) in [6.45, 7) is 15.1. The van der Waals surface area contributed by atoms with Gasteiger partial charge in [0.05, 0.1) is 29.5 Å². The largest absolute Gasteiger partial charge is 0.362 e. The predicted octanol–water partition coefficient (Wildman–Crippen LogP) is 4.87. The molecule has 2 atom stereocenters. The molecule has 12 heteroatoms. The van der Waals surface area contributed by atoms with E-state index in [0.717, 1.165) is 24.2 Å². The Morgan fingerprint density at radius 1 is 1.04 bits per heavy atom. The molecule has 240 valence electrons. The quantitative estimate of drug-likeness (QED) is 0.368. The highest BCUT2D eigenvalue weighted by atomic mass is 32.2. The lowest BCUT2D eigenvalue weighted by atomic mass is 9.79. The Bertz CT molecular complexity index is 1730. The Balaban J connectivity index is 1.62. The SMILES string of the molecule is CC(=O)NCc1cccc([C@H]2CCC3(C)CN(c4nc(C(C)(C)C)ccc4C(=O)NS(=O)(=O)c4cccc(n4)N2)C(C)(C)C3)n1. The summed E-state index contributed by atoms with van der Waals surface area (Å²) < 4.78 is 29.3. The predicted molar refractivity (Wildman–Crippen MR) is 173 cm³/mol. The van der Waals surface area contributed by atoms with Crippen LogP contribution in [0.15, 0.2) is 53.6 Å². The molecule has 3 N–H and O–H groups in total. The monoisotopic (exact) mass is 633 g/mol. The van der Waals surface area contributed by atoms with E-state index in [0.29, 0.717) is 36.8 Å². The van der Waals surface area contributed by atoms with Gasteiger partial charge >= 0.3 is 0 Å². The van der Waals surface area contributed by atoms with E-state index in [1.807, 2.05) is 18.2 Å². The fourth-order valence-corrected chi connectivity index (χ4v) is 7.35. The number of aromatic nitrogens is 3. The average Bonchev–Trinajstić information content (AvgIpc) is 3.21. The number of anilines is 2. The van der Waals surface area contributed by atoms with Gasteiger partial charge in [-0.05, 0) is 74.9 Å². The second-order valence-corrected chi connectivity index (χ2v) is 15.8. The summed E-state index contributed by atoms with van der Waals surface area (Å²) >= 11 is 0. The lowest BCUT2D eigenvalue weighted by Crippen LogP contribution is -2.41. The van der Waals surface area contributed by atoms with E-state index in [4.69, 9.17) is 9.97 Å². The van der Waals surface area contributed by atoms with Crippen LogP contribution >= 0.6 is 0 Å². The van der Waals surface area contributed by atoms with E-state index in [2.05, 4.69) is 66.8 Å². The summed E-state index contributed by atoms with van der Waals surface area (Å²) in [6.07, 6.45) is 2.31. The van der Waals surface area contributed by atoms with Crippen molar-refractivity contribution in [1.82, 2.24) is 25.0 Å². The fourth-order valence-electron chi connectivity index (χ4n) is 6.41. The van der Waals surface area contributed by atoms with Crippen molar-refractivity contribution in [3.8, 4) is 0 Å². The number of sulfonamides is 1. The molecule has 3 aromatic heterocycles. The van der Waals surface area contributed by atoms with Gasteiger partial charge in [0.25, 0.3) is 15.9 Å². The first-order chi connectivity index (χ1) is 21.0. The van der Waals surface area contributed by atoms with E-state index in [1.54, 1.807) is 24.3 Å². The normalized spacial score (nSPS) is 22.7. The lowest BCUT2D eigenvalue weighted by molar-refractivity contribution is -0.119. The smallest absolute Gasteiger partial charge is 0.281 e. The molecule has 0 saturated carbocycles. The number of pyridine rings is 3. The number of carbonyl (C=O) groups is 2. The van der Waals surface area contributed by atoms with Crippen molar-refractivity contribution in [2.75, 3.05) is 16.8 Å². The molecular weight excluding hydrogens is 590 g/mol. The summed E-state index contributed by atoms with van der Waals surface area (Å²) in [7, 11) is -4.32. The summed E-state index contributed by atoms with van der Waals surface area (Å²) in [4.78, 5) is 41.6. The number of nitrogens with zero attached hydrogens (tertiary/aromatic N) is 4. The van der Waals surface area contributed by atoms with Crippen molar-refractivity contribution in [3.05, 3.63) is 71.2 Å². The Labute approximate surface area is 265 Å². The lowest BCUT2D eigenvalue weighted by Gasteiger charge is -2.34. The van der Waals surface area contributed by atoms with Crippen LogP contribution in [0.3, 0.4) is 0 Å². The highest BCUT2D eigenvalue weighted by Gasteiger charge is 2.47. The first kappa shape index (κ1) is 32.3. The summed E-state index contributed by atoms with van der Waals surface area (Å²) in [5.41, 5.74) is 1.66. The molecule has 1 saturated heterocycles. The molecular formula is C33H43N7O4S. The van der Waals surface area contributed by atoms with Crippen LogP contribution in [0, 0.1) is 5.41 Å². The standard InChI is InChI=1S/C33H43N7O4S/c1-21(41)34-18-22-10-8-11-24(35-22)25-16-17-33(7)19-32(5,6)40(20-33)29-23(14-15-26(37-29)31(2,3)4)30(42)39-45(43,44)28-13-9-12-27(36-25)38-28/h8-15,25H,16-20H2,1-7H3,(H,34,41)(H,36,38)(H,39,42)/t25-,33?/m1/s1. The number of amides is 2. The maximum absolute atomic E-state index is 13.7. The molecule has 1 unspecified atom stereocenters. The summed E-state index contributed by atoms with van der Waals surface area (Å²) in [5.74, 6) is -0.0804. The fraction of sp³-hybridized carbons (Fsp3) is 0.485. The van der Waals surface area contributed by atoms with Gasteiger partial charge in [-0.25, -0.2) is 14.7 Å².